The zero-order valence-electron chi connectivity index (χ0n) is 14.7. The number of hydrogen-bond donors (Lipinski definition) is 1. The van der Waals surface area contributed by atoms with Gasteiger partial charge in [0.1, 0.15) is 11.1 Å². The third-order valence-electron chi connectivity index (χ3n) is 4.70. The minimum Gasteiger partial charge on any atom is -0.363 e. The van der Waals surface area contributed by atoms with Gasteiger partial charge < -0.3 is 9.80 Å². The van der Waals surface area contributed by atoms with E-state index in [4.69, 9.17) is 0 Å². The fraction of sp³-hybridized carbons (Fsp3) is 0.312. The largest absolute Gasteiger partial charge is 0.363 e. The van der Waals surface area contributed by atoms with Crippen LogP contribution in [0.1, 0.15) is 0 Å². The molecule has 0 bridgehead atoms. The van der Waals surface area contributed by atoms with Crippen LogP contribution in [0.4, 0.5) is 26.1 Å². The zero-order valence-corrected chi connectivity index (χ0v) is 14.7. The molecule has 0 radical (unpaired) electrons. The van der Waals surface area contributed by atoms with Gasteiger partial charge in [-0.3, -0.25) is 24.6 Å². The summed E-state index contributed by atoms with van der Waals surface area (Å²) in [5.74, 6) is -1.61. The van der Waals surface area contributed by atoms with E-state index in [0.717, 1.165) is 0 Å². The maximum Gasteiger partial charge on any atom is 0.275 e. The monoisotopic (exact) mass is 391 g/mol. The number of nitrogens with one attached hydrogen (secondary N) is 1. The Kier molecular flexibility index (Phi) is 4.17. The van der Waals surface area contributed by atoms with Crippen molar-refractivity contribution in [2.45, 2.75) is 0 Å². The highest BCUT2D eigenvalue weighted by Crippen LogP contribution is 2.29. The molecule has 28 heavy (non-hydrogen) atoms. The smallest absolute Gasteiger partial charge is 0.275 e. The number of rotatable bonds is 3. The quantitative estimate of drug-likeness (QED) is 0.527. The third-order valence-corrected chi connectivity index (χ3v) is 4.70. The lowest BCUT2D eigenvalue weighted by Crippen LogP contribution is -2.48. The number of piperazine rings is 1. The van der Waals surface area contributed by atoms with Crippen molar-refractivity contribution in [3.63, 3.8) is 0 Å². The molecule has 146 valence electrons. The second-order valence-corrected chi connectivity index (χ2v) is 6.38. The summed E-state index contributed by atoms with van der Waals surface area (Å²) in [6.45, 7) is 1.20. The Morgan fingerprint density at radius 3 is 2.36 bits per heavy atom. The van der Waals surface area contributed by atoms with E-state index in [0.29, 0.717) is 42.2 Å². The zero-order chi connectivity index (χ0) is 20.0. The van der Waals surface area contributed by atoms with Crippen LogP contribution in [0.25, 0.3) is 11.0 Å². The molecule has 1 fully saturated rings. The number of halogens is 2. The first-order valence-electron chi connectivity index (χ1n) is 8.40. The summed E-state index contributed by atoms with van der Waals surface area (Å²) in [5.41, 5.74) is -0.811. The van der Waals surface area contributed by atoms with Gasteiger partial charge in [0.05, 0.1) is 23.3 Å². The minimum absolute atomic E-state index is 0.249. The molecule has 2 aromatic heterocycles. The van der Waals surface area contributed by atoms with Gasteiger partial charge in [-0.2, -0.15) is 10.1 Å². The number of aryl methyl sites for hydroxylation is 1. The Labute approximate surface area is 156 Å². The fourth-order valence-corrected chi connectivity index (χ4v) is 3.27. The van der Waals surface area contributed by atoms with Crippen LogP contribution in [0.2, 0.25) is 0 Å². The highest BCUT2D eigenvalue weighted by molar-refractivity contribution is 5.74. The van der Waals surface area contributed by atoms with Gasteiger partial charge in [0, 0.05) is 33.2 Å². The van der Waals surface area contributed by atoms with E-state index in [1.807, 2.05) is 0 Å². The molecule has 0 spiro atoms. The number of aromatic amines is 1. The van der Waals surface area contributed by atoms with Crippen LogP contribution in [0, 0.1) is 21.7 Å². The van der Waals surface area contributed by atoms with E-state index < -0.39 is 22.2 Å². The van der Waals surface area contributed by atoms with Crippen molar-refractivity contribution in [2.75, 3.05) is 36.0 Å². The molecule has 1 aliphatic heterocycles. The minimum atomic E-state index is -0.983. The fourth-order valence-electron chi connectivity index (χ4n) is 3.27. The van der Waals surface area contributed by atoms with E-state index >= 15 is 0 Å². The van der Waals surface area contributed by atoms with E-state index in [-0.39, 0.29) is 24.3 Å². The van der Waals surface area contributed by atoms with Crippen molar-refractivity contribution >= 4 is 28.4 Å². The van der Waals surface area contributed by atoms with Gasteiger partial charge >= 0.3 is 0 Å². The first-order valence-corrected chi connectivity index (χ1v) is 8.40. The summed E-state index contributed by atoms with van der Waals surface area (Å²) in [6, 6.07) is 1.42. The number of benzene rings is 1. The summed E-state index contributed by atoms with van der Waals surface area (Å²) in [4.78, 5) is 32.4. The van der Waals surface area contributed by atoms with Gasteiger partial charge in [-0.1, -0.05) is 0 Å². The number of hydrogen-bond acceptors (Lipinski definition) is 7. The van der Waals surface area contributed by atoms with Gasteiger partial charge in [0.15, 0.2) is 17.3 Å². The summed E-state index contributed by atoms with van der Waals surface area (Å²) in [7, 11) is 1.68. The Bertz CT molecular complexity index is 1110. The Balaban J connectivity index is 1.56. The van der Waals surface area contributed by atoms with Gasteiger partial charge in [0.25, 0.3) is 11.2 Å². The maximum absolute atomic E-state index is 14.2. The molecule has 10 nitrogen and oxygen atoms in total. The molecule has 1 aliphatic rings. The number of anilines is 2. The lowest BCUT2D eigenvalue weighted by molar-refractivity contribution is -0.385. The van der Waals surface area contributed by atoms with Crippen molar-refractivity contribution in [1.82, 2.24) is 19.7 Å². The van der Waals surface area contributed by atoms with Crippen LogP contribution < -0.4 is 15.4 Å². The molecule has 0 saturated carbocycles. The molecule has 0 aliphatic carbocycles. The molecule has 4 rings (SSSR count). The summed E-state index contributed by atoms with van der Waals surface area (Å²) < 4.78 is 30.0. The lowest BCUT2D eigenvalue weighted by atomic mass is 10.2. The molecule has 0 unspecified atom stereocenters. The summed E-state index contributed by atoms with van der Waals surface area (Å²) in [5, 5.41) is 15.1. The van der Waals surface area contributed by atoms with Crippen molar-refractivity contribution in [2.24, 2.45) is 7.05 Å². The van der Waals surface area contributed by atoms with Crippen molar-refractivity contribution in [1.29, 1.82) is 0 Å². The van der Waals surface area contributed by atoms with E-state index in [1.54, 1.807) is 11.9 Å². The normalized spacial score (nSPS) is 14.7. The first-order chi connectivity index (χ1) is 13.3. The lowest BCUT2D eigenvalue weighted by Gasteiger charge is -2.36. The molecule has 3 aromatic rings. The average molecular weight is 391 g/mol. The van der Waals surface area contributed by atoms with Crippen LogP contribution in [-0.2, 0) is 7.05 Å². The van der Waals surface area contributed by atoms with E-state index in [2.05, 4.69) is 15.1 Å². The van der Waals surface area contributed by atoms with Crippen molar-refractivity contribution < 1.29 is 13.7 Å². The van der Waals surface area contributed by atoms with Crippen LogP contribution in [-0.4, -0.2) is 50.9 Å². The molecule has 12 heteroatoms. The van der Waals surface area contributed by atoms with Crippen molar-refractivity contribution in [3.8, 4) is 0 Å². The highest BCUT2D eigenvalue weighted by atomic mass is 19.1. The van der Waals surface area contributed by atoms with E-state index in [9.17, 15) is 23.7 Å². The number of aromatic nitrogens is 4. The SMILES string of the molecule is Cn1ncc2c(=O)[nH]c(N3CCN(c4c(F)cc([N+](=O)[O-])cc4F)CC3)nc21. The number of nitrogens with zero attached hydrogens (tertiary/aromatic N) is 6. The second-order valence-electron chi connectivity index (χ2n) is 6.38. The third kappa shape index (κ3) is 2.92. The first kappa shape index (κ1) is 17.8. The standard InChI is InChI=1S/C16H15F2N7O3/c1-22-14-10(8-19-22)15(26)21-16(20-14)24-4-2-23(3-5-24)13-11(17)6-9(25(27)28)7-12(13)18/h6-8H,2-5H2,1H3,(H,20,21,26). The molecule has 1 saturated heterocycles. The van der Waals surface area contributed by atoms with Gasteiger partial charge in [0.2, 0.25) is 5.95 Å². The van der Waals surface area contributed by atoms with Crippen LogP contribution in [0.3, 0.4) is 0 Å². The van der Waals surface area contributed by atoms with E-state index in [1.165, 1.54) is 15.8 Å². The highest BCUT2D eigenvalue weighted by Gasteiger charge is 2.26. The Hall–Kier alpha value is -3.57. The second kappa shape index (κ2) is 6.55. The maximum atomic E-state index is 14.2. The number of nitro groups is 1. The molecular weight excluding hydrogens is 376 g/mol. The predicted molar refractivity (Wildman–Crippen MR) is 96.6 cm³/mol. The van der Waals surface area contributed by atoms with Gasteiger partial charge in [-0.25, -0.2) is 8.78 Å². The number of H-pyrrole nitrogens is 1. The number of non-ortho nitro benzene ring substituents is 1. The molecule has 1 N–H and O–H groups in total. The van der Waals surface area contributed by atoms with Gasteiger partial charge in [-0.15, -0.1) is 0 Å². The molecule has 3 heterocycles. The Morgan fingerprint density at radius 1 is 1.14 bits per heavy atom. The van der Waals surface area contributed by atoms with Crippen molar-refractivity contribution in [3.05, 3.63) is 50.4 Å². The summed E-state index contributed by atoms with van der Waals surface area (Å²) in [6.07, 6.45) is 1.43. The predicted octanol–water partition coefficient (Wildman–Crippen LogP) is 1.17. The van der Waals surface area contributed by atoms with Gasteiger partial charge in [-0.05, 0) is 0 Å². The van der Waals surface area contributed by atoms with Crippen LogP contribution in [0.15, 0.2) is 23.1 Å². The number of fused-ring (bicyclic) bond motifs is 1. The number of nitro benzene ring substituents is 1. The summed E-state index contributed by atoms with van der Waals surface area (Å²) >= 11 is 0. The Morgan fingerprint density at radius 2 is 1.75 bits per heavy atom. The molecule has 0 amide bonds. The molecular formula is C16H15F2N7O3. The molecule has 0 atom stereocenters. The van der Waals surface area contributed by atoms with Crippen LogP contribution >= 0.6 is 0 Å². The van der Waals surface area contributed by atoms with Crippen LogP contribution in [0.5, 0.6) is 0 Å². The topological polar surface area (TPSA) is 113 Å². The average Bonchev–Trinajstić information content (AvgIpc) is 3.03. The molecule has 1 aromatic carbocycles.